The molecule has 15 heavy (non-hydrogen) atoms. The first-order valence-corrected chi connectivity index (χ1v) is 4.77. The molecule has 0 bridgehead atoms. The molecule has 0 amide bonds. The maximum atomic E-state index is 8.83. The lowest BCUT2D eigenvalue weighted by Crippen LogP contribution is -1.90. The predicted molar refractivity (Wildman–Crippen MR) is 59.6 cm³/mol. The zero-order valence-corrected chi connectivity index (χ0v) is 8.58. The summed E-state index contributed by atoms with van der Waals surface area (Å²) >= 11 is 4.92. The molecule has 0 unspecified atom stereocenters. The first-order valence-electron chi connectivity index (χ1n) is 4.36. The molecule has 0 aliphatic rings. The van der Waals surface area contributed by atoms with Gasteiger partial charge < -0.3 is 0 Å². The highest BCUT2D eigenvalue weighted by Gasteiger charge is 2.01. The lowest BCUT2D eigenvalue weighted by molar-refractivity contribution is 1.02. The molecule has 1 heterocycles. The summed E-state index contributed by atoms with van der Waals surface area (Å²) in [5.74, 6) is 0. The summed E-state index contributed by atoms with van der Waals surface area (Å²) in [6.07, 6.45) is 0. The second-order valence-corrected chi connectivity index (χ2v) is 3.38. The lowest BCUT2D eigenvalue weighted by atomic mass is 10.1. The standard InChI is InChI=1S/C11H7N3S/c12-7-9-6-10(13-14-11(9)15)8-4-2-1-3-5-8/h1-6H,(H,14,15). The Labute approximate surface area is 92.0 Å². The minimum atomic E-state index is 0.372. The second kappa shape index (κ2) is 4.03. The number of H-pyrrole nitrogens is 1. The Morgan fingerprint density at radius 2 is 2.00 bits per heavy atom. The van der Waals surface area contributed by atoms with Crippen LogP contribution < -0.4 is 0 Å². The summed E-state index contributed by atoms with van der Waals surface area (Å²) in [5, 5.41) is 15.6. The van der Waals surface area contributed by atoms with Crippen LogP contribution in [0.1, 0.15) is 5.56 Å². The zero-order valence-electron chi connectivity index (χ0n) is 7.77. The third-order valence-electron chi connectivity index (χ3n) is 1.99. The van der Waals surface area contributed by atoms with E-state index < -0.39 is 0 Å². The van der Waals surface area contributed by atoms with Crippen LogP contribution in [0, 0.1) is 16.0 Å². The number of nitrogens with one attached hydrogen (secondary N) is 1. The fourth-order valence-corrected chi connectivity index (χ4v) is 1.40. The van der Waals surface area contributed by atoms with Crippen molar-refractivity contribution in [2.75, 3.05) is 0 Å². The average Bonchev–Trinajstić information content (AvgIpc) is 2.31. The maximum absolute atomic E-state index is 8.83. The molecule has 1 aromatic heterocycles. The number of hydrogen-bond donors (Lipinski definition) is 1. The molecule has 0 atom stereocenters. The third kappa shape index (κ3) is 1.92. The summed E-state index contributed by atoms with van der Waals surface area (Å²) in [5.41, 5.74) is 2.12. The molecular weight excluding hydrogens is 206 g/mol. The Bertz CT molecular complexity index is 566. The zero-order chi connectivity index (χ0) is 10.7. The van der Waals surface area contributed by atoms with Crippen LogP contribution in [0.4, 0.5) is 0 Å². The third-order valence-corrected chi connectivity index (χ3v) is 2.30. The molecule has 0 fully saturated rings. The van der Waals surface area contributed by atoms with Gasteiger partial charge in [0.15, 0.2) is 0 Å². The van der Waals surface area contributed by atoms with Crippen LogP contribution >= 0.6 is 12.2 Å². The molecule has 0 aliphatic carbocycles. The van der Waals surface area contributed by atoms with Gasteiger partial charge in [-0.1, -0.05) is 42.5 Å². The van der Waals surface area contributed by atoms with Crippen LogP contribution in [0.25, 0.3) is 11.3 Å². The van der Waals surface area contributed by atoms with Crippen LogP contribution in [0.5, 0.6) is 0 Å². The molecular formula is C11H7N3S. The van der Waals surface area contributed by atoms with E-state index >= 15 is 0 Å². The Balaban J connectivity index is 2.57. The molecule has 0 spiro atoms. The number of nitriles is 1. The van der Waals surface area contributed by atoms with Crippen LogP contribution in [0.2, 0.25) is 0 Å². The average molecular weight is 213 g/mol. The van der Waals surface area contributed by atoms with Crippen molar-refractivity contribution in [1.29, 1.82) is 5.26 Å². The number of benzene rings is 1. The molecule has 2 rings (SSSR count). The van der Waals surface area contributed by atoms with Gasteiger partial charge in [-0.05, 0) is 6.07 Å². The minimum absolute atomic E-state index is 0.372. The molecule has 0 saturated heterocycles. The van der Waals surface area contributed by atoms with Crippen LogP contribution in [0.15, 0.2) is 36.4 Å². The van der Waals surface area contributed by atoms with Gasteiger partial charge in [-0.25, -0.2) is 0 Å². The largest absolute Gasteiger partial charge is 0.266 e. The second-order valence-electron chi connectivity index (χ2n) is 2.97. The Kier molecular flexibility index (Phi) is 2.57. The van der Waals surface area contributed by atoms with E-state index in [1.807, 2.05) is 36.4 Å². The molecule has 2 aromatic rings. The Morgan fingerprint density at radius 3 is 2.67 bits per heavy atom. The summed E-state index contributed by atoms with van der Waals surface area (Å²) in [4.78, 5) is 0. The van der Waals surface area contributed by atoms with Crippen molar-refractivity contribution in [1.82, 2.24) is 10.2 Å². The topological polar surface area (TPSA) is 52.5 Å². The van der Waals surface area contributed by atoms with Crippen LogP contribution in [0.3, 0.4) is 0 Å². The number of hydrogen-bond acceptors (Lipinski definition) is 3. The normalized spacial score (nSPS) is 9.53. The fraction of sp³-hybridized carbons (Fsp3) is 0. The van der Waals surface area contributed by atoms with Crippen molar-refractivity contribution in [3.05, 3.63) is 46.6 Å². The number of rotatable bonds is 1. The molecule has 0 radical (unpaired) electrons. The maximum Gasteiger partial charge on any atom is 0.137 e. The first kappa shape index (κ1) is 9.56. The number of aromatic nitrogens is 2. The van der Waals surface area contributed by atoms with Crippen molar-refractivity contribution >= 4 is 12.2 Å². The van der Waals surface area contributed by atoms with Crippen molar-refractivity contribution in [2.24, 2.45) is 0 Å². The van der Waals surface area contributed by atoms with Gasteiger partial charge >= 0.3 is 0 Å². The molecule has 1 aromatic carbocycles. The van der Waals surface area contributed by atoms with Crippen LogP contribution in [-0.2, 0) is 0 Å². The smallest absolute Gasteiger partial charge is 0.137 e. The van der Waals surface area contributed by atoms with E-state index in [0.29, 0.717) is 10.2 Å². The first-order chi connectivity index (χ1) is 7.31. The van der Waals surface area contributed by atoms with E-state index in [0.717, 1.165) is 11.3 Å². The highest BCUT2D eigenvalue weighted by molar-refractivity contribution is 7.71. The van der Waals surface area contributed by atoms with Gasteiger partial charge in [0, 0.05) is 5.56 Å². The molecule has 72 valence electrons. The molecule has 0 saturated carbocycles. The van der Waals surface area contributed by atoms with Crippen LogP contribution in [-0.4, -0.2) is 10.2 Å². The van der Waals surface area contributed by atoms with E-state index in [-0.39, 0.29) is 0 Å². The fourth-order valence-electron chi connectivity index (χ4n) is 1.25. The van der Waals surface area contributed by atoms with Gasteiger partial charge in [-0.3, -0.25) is 5.10 Å². The van der Waals surface area contributed by atoms with E-state index in [4.69, 9.17) is 17.5 Å². The SMILES string of the molecule is N#Cc1cc(-c2ccccc2)n[nH]c1=S. The number of nitrogens with zero attached hydrogens (tertiary/aromatic N) is 2. The highest BCUT2D eigenvalue weighted by atomic mass is 32.1. The molecule has 0 aliphatic heterocycles. The van der Waals surface area contributed by atoms with Crippen molar-refractivity contribution in [2.45, 2.75) is 0 Å². The summed E-state index contributed by atoms with van der Waals surface area (Å²) in [7, 11) is 0. The lowest BCUT2D eigenvalue weighted by Gasteiger charge is -1.99. The summed E-state index contributed by atoms with van der Waals surface area (Å²) in [6, 6.07) is 13.4. The van der Waals surface area contributed by atoms with Gasteiger partial charge in [-0.2, -0.15) is 10.4 Å². The van der Waals surface area contributed by atoms with Gasteiger partial charge in [0.05, 0.1) is 11.3 Å². The van der Waals surface area contributed by atoms with Crippen molar-refractivity contribution < 1.29 is 0 Å². The predicted octanol–water partition coefficient (Wildman–Crippen LogP) is 2.68. The van der Waals surface area contributed by atoms with Crippen molar-refractivity contribution in [3.63, 3.8) is 0 Å². The van der Waals surface area contributed by atoms with E-state index in [2.05, 4.69) is 10.2 Å². The summed E-state index contributed by atoms with van der Waals surface area (Å²) in [6.45, 7) is 0. The Morgan fingerprint density at radius 1 is 1.27 bits per heavy atom. The van der Waals surface area contributed by atoms with E-state index in [1.54, 1.807) is 6.07 Å². The van der Waals surface area contributed by atoms with E-state index in [9.17, 15) is 0 Å². The van der Waals surface area contributed by atoms with Gasteiger partial charge in [0.25, 0.3) is 0 Å². The van der Waals surface area contributed by atoms with Gasteiger partial charge in [0.2, 0.25) is 0 Å². The monoisotopic (exact) mass is 213 g/mol. The molecule has 4 heteroatoms. The van der Waals surface area contributed by atoms with Gasteiger partial charge in [-0.15, -0.1) is 0 Å². The summed E-state index contributed by atoms with van der Waals surface area (Å²) < 4.78 is 0.372. The number of aromatic amines is 1. The van der Waals surface area contributed by atoms with E-state index in [1.165, 1.54) is 0 Å². The molecule has 1 N–H and O–H groups in total. The molecule has 3 nitrogen and oxygen atoms in total. The highest BCUT2D eigenvalue weighted by Crippen LogP contribution is 2.16. The Hall–Kier alpha value is -1.99. The minimum Gasteiger partial charge on any atom is -0.266 e. The quantitative estimate of drug-likeness (QED) is 0.741. The van der Waals surface area contributed by atoms with Crippen molar-refractivity contribution in [3.8, 4) is 17.3 Å². The van der Waals surface area contributed by atoms with Gasteiger partial charge in [0.1, 0.15) is 10.7 Å².